The van der Waals surface area contributed by atoms with Crippen molar-refractivity contribution in [1.82, 2.24) is 0 Å². The molecule has 2 aromatic carbocycles. The van der Waals surface area contributed by atoms with Gasteiger partial charge in [-0.05, 0) is 29.6 Å². The van der Waals surface area contributed by atoms with Crippen molar-refractivity contribution in [3.05, 3.63) is 93.7 Å². The zero-order valence-electron chi connectivity index (χ0n) is 19.1. The standard InChI is InChI=1S/C27H26F2NO4S/c28-20-6-3-5-19(15-20)26(21-7-1-2-8-22(21)29)34-27(32)33-24-17-30(12-10-18(24)11-13-30)16-23(31)25-9-4-14-35-25/h1-9,14-15,18,24,26H,10-13,16-17H2/q+1. The fourth-order valence-corrected chi connectivity index (χ4v) is 5.97. The Morgan fingerprint density at radius 2 is 1.83 bits per heavy atom. The third-order valence-corrected chi connectivity index (χ3v) is 8.03. The Balaban J connectivity index is 1.31. The fraction of sp³-hybridized carbons (Fsp3) is 0.333. The Morgan fingerprint density at radius 1 is 1.03 bits per heavy atom. The maximum absolute atomic E-state index is 14.6. The molecule has 1 aromatic heterocycles. The van der Waals surface area contributed by atoms with Gasteiger partial charge in [0.1, 0.15) is 24.7 Å². The van der Waals surface area contributed by atoms with Crippen LogP contribution >= 0.6 is 11.3 Å². The maximum Gasteiger partial charge on any atom is 0.509 e. The molecular weight excluding hydrogens is 472 g/mol. The van der Waals surface area contributed by atoms with Gasteiger partial charge in [0.15, 0.2) is 12.2 Å². The van der Waals surface area contributed by atoms with Crippen LogP contribution in [0, 0.1) is 17.6 Å². The molecule has 0 N–H and O–H groups in total. The molecule has 0 amide bonds. The van der Waals surface area contributed by atoms with Crippen molar-refractivity contribution in [1.29, 1.82) is 0 Å². The van der Waals surface area contributed by atoms with E-state index in [2.05, 4.69) is 0 Å². The Bertz CT molecular complexity index is 1210. The van der Waals surface area contributed by atoms with Crippen LogP contribution in [0.15, 0.2) is 66.0 Å². The molecule has 5 nitrogen and oxygen atoms in total. The van der Waals surface area contributed by atoms with Gasteiger partial charge in [-0.3, -0.25) is 4.79 Å². The van der Waals surface area contributed by atoms with Gasteiger partial charge in [-0.2, -0.15) is 0 Å². The largest absolute Gasteiger partial charge is 0.509 e. The second-order valence-corrected chi connectivity index (χ2v) is 10.3. The van der Waals surface area contributed by atoms with E-state index < -0.39 is 30.0 Å². The Hall–Kier alpha value is -3.10. The van der Waals surface area contributed by atoms with E-state index in [1.54, 1.807) is 12.1 Å². The van der Waals surface area contributed by atoms with Crippen LogP contribution in [0.2, 0.25) is 0 Å². The van der Waals surface area contributed by atoms with Crippen molar-refractivity contribution in [2.45, 2.75) is 25.0 Å². The molecule has 3 saturated heterocycles. The highest BCUT2D eigenvalue weighted by atomic mass is 32.1. The van der Waals surface area contributed by atoms with Gasteiger partial charge in [0.25, 0.3) is 0 Å². The van der Waals surface area contributed by atoms with Gasteiger partial charge in [0.2, 0.25) is 5.78 Å². The number of nitrogens with zero attached hydrogens (tertiary/aromatic N) is 1. The van der Waals surface area contributed by atoms with Gasteiger partial charge in [-0.25, -0.2) is 13.6 Å². The molecule has 0 saturated carbocycles. The molecule has 3 aliphatic rings. The highest BCUT2D eigenvalue weighted by molar-refractivity contribution is 7.12. The fourth-order valence-electron chi connectivity index (χ4n) is 5.31. The predicted octanol–water partition coefficient (Wildman–Crippen LogP) is 5.76. The van der Waals surface area contributed by atoms with Crippen molar-refractivity contribution in [3.63, 3.8) is 0 Å². The maximum atomic E-state index is 14.6. The highest BCUT2D eigenvalue weighted by Crippen LogP contribution is 2.37. The van der Waals surface area contributed by atoms with Crippen molar-refractivity contribution >= 4 is 23.3 Å². The molecule has 3 fully saturated rings. The zero-order valence-corrected chi connectivity index (χ0v) is 19.9. The predicted molar refractivity (Wildman–Crippen MR) is 127 cm³/mol. The molecule has 2 atom stereocenters. The number of ether oxygens (including phenoxy) is 2. The summed E-state index contributed by atoms with van der Waals surface area (Å²) >= 11 is 1.44. The summed E-state index contributed by atoms with van der Waals surface area (Å²) in [5.41, 5.74) is 0.431. The number of hydrogen-bond donors (Lipinski definition) is 0. The van der Waals surface area contributed by atoms with Crippen LogP contribution < -0.4 is 0 Å². The van der Waals surface area contributed by atoms with E-state index >= 15 is 0 Å². The van der Waals surface area contributed by atoms with Gasteiger partial charge in [0, 0.05) is 29.9 Å². The van der Waals surface area contributed by atoms with E-state index in [4.69, 9.17) is 9.47 Å². The van der Waals surface area contributed by atoms with Crippen LogP contribution in [0.4, 0.5) is 13.6 Å². The molecule has 182 valence electrons. The van der Waals surface area contributed by atoms with E-state index in [0.29, 0.717) is 23.1 Å². The van der Waals surface area contributed by atoms with Crippen molar-refractivity contribution in [2.75, 3.05) is 26.2 Å². The van der Waals surface area contributed by atoms with E-state index in [1.807, 2.05) is 17.5 Å². The van der Waals surface area contributed by atoms with Crippen LogP contribution in [0.1, 0.15) is 39.7 Å². The number of benzene rings is 2. The summed E-state index contributed by atoms with van der Waals surface area (Å²) in [5, 5.41) is 1.89. The lowest BCUT2D eigenvalue weighted by molar-refractivity contribution is -0.938. The Kier molecular flexibility index (Phi) is 6.67. The average Bonchev–Trinajstić information content (AvgIpc) is 3.39. The number of halogens is 2. The van der Waals surface area contributed by atoms with Gasteiger partial charge in [-0.15, -0.1) is 11.3 Å². The number of Topliss-reactive ketones (excluding diaryl/α,β-unsaturated/α-hetero) is 1. The van der Waals surface area contributed by atoms with Gasteiger partial charge in [0.05, 0.1) is 18.0 Å². The van der Waals surface area contributed by atoms with Crippen LogP contribution in [-0.2, 0) is 9.47 Å². The summed E-state index contributed by atoms with van der Waals surface area (Å²) in [7, 11) is 0. The first-order valence-electron chi connectivity index (χ1n) is 11.7. The number of rotatable bonds is 7. The van der Waals surface area contributed by atoms with Gasteiger partial charge >= 0.3 is 6.16 Å². The Morgan fingerprint density at radius 3 is 2.54 bits per heavy atom. The monoisotopic (exact) mass is 498 g/mol. The number of thiophene rings is 1. The molecule has 2 unspecified atom stereocenters. The van der Waals surface area contributed by atoms with E-state index in [9.17, 15) is 18.4 Å². The molecule has 4 heterocycles. The lowest BCUT2D eigenvalue weighted by Gasteiger charge is -2.51. The second kappa shape index (κ2) is 9.87. The summed E-state index contributed by atoms with van der Waals surface area (Å²) in [5.74, 6) is -0.776. The quantitative estimate of drug-likeness (QED) is 0.236. The molecular formula is C27H26F2NO4S+. The van der Waals surface area contributed by atoms with Gasteiger partial charge < -0.3 is 14.0 Å². The van der Waals surface area contributed by atoms with E-state index in [-0.39, 0.29) is 17.3 Å². The second-order valence-electron chi connectivity index (χ2n) is 9.35. The smallest absolute Gasteiger partial charge is 0.425 e. The van der Waals surface area contributed by atoms with Crippen LogP contribution in [0.25, 0.3) is 0 Å². The first-order chi connectivity index (χ1) is 16.9. The molecule has 0 spiro atoms. The Labute approximate surface area is 206 Å². The third kappa shape index (κ3) is 5.13. The molecule has 35 heavy (non-hydrogen) atoms. The van der Waals surface area contributed by atoms with Gasteiger partial charge in [-0.1, -0.05) is 36.4 Å². The minimum absolute atomic E-state index is 0.104. The number of carbonyl (C=O) groups excluding carboxylic acids is 2. The SMILES string of the molecule is O=C(OC(c1cccc(F)c1)c1ccccc1F)OC1C[N+]2(CC(=O)c3cccs3)CCC1CC2. The minimum atomic E-state index is -1.15. The number of quaternary nitrogens is 1. The normalized spacial score (nSPS) is 24.1. The summed E-state index contributed by atoms with van der Waals surface area (Å²) in [4.78, 5) is 26.5. The molecule has 3 aliphatic heterocycles. The lowest BCUT2D eigenvalue weighted by atomic mass is 9.83. The summed E-state index contributed by atoms with van der Waals surface area (Å²) in [6, 6.07) is 15.2. The minimum Gasteiger partial charge on any atom is -0.425 e. The molecule has 0 aliphatic carbocycles. The average molecular weight is 499 g/mol. The topological polar surface area (TPSA) is 52.6 Å². The van der Waals surface area contributed by atoms with Crippen molar-refractivity contribution in [3.8, 4) is 0 Å². The highest BCUT2D eigenvalue weighted by Gasteiger charge is 2.49. The molecule has 6 rings (SSSR count). The first kappa shape index (κ1) is 23.6. The van der Waals surface area contributed by atoms with Crippen molar-refractivity contribution in [2.24, 2.45) is 5.92 Å². The van der Waals surface area contributed by atoms with E-state index in [1.165, 1.54) is 47.7 Å². The molecule has 8 heteroatoms. The van der Waals surface area contributed by atoms with E-state index in [0.717, 1.165) is 30.8 Å². The van der Waals surface area contributed by atoms with Crippen molar-refractivity contribution < 1.29 is 32.3 Å². The molecule has 2 bridgehead atoms. The summed E-state index contributed by atoms with van der Waals surface area (Å²) < 4.78 is 40.5. The van der Waals surface area contributed by atoms with Crippen LogP contribution in [0.3, 0.4) is 0 Å². The summed E-state index contributed by atoms with van der Waals surface area (Å²) in [6.07, 6.45) is -0.755. The number of carbonyl (C=O) groups is 2. The number of fused-ring (bicyclic) bond motifs is 3. The van der Waals surface area contributed by atoms with Crippen LogP contribution in [0.5, 0.6) is 0 Å². The zero-order chi connectivity index (χ0) is 24.4. The molecule has 3 aromatic rings. The number of piperidine rings is 3. The first-order valence-corrected chi connectivity index (χ1v) is 12.6. The summed E-state index contributed by atoms with van der Waals surface area (Å²) in [6.45, 7) is 2.67. The molecule has 0 radical (unpaired) electrons. The lowest BCUT2D eigenvalue weighted by Crippen LogP contribution is -2.65. The number of ketones is 1. The van der Waals surface area contributed by atoms with Crippen LogP contribution in [-0.4, -0.2) is 48.7 Å². The third-order valence-electron chi connectivity index (χ3n) is 7.12. The number of hydrogen-bond acceptors (Lipinski definition) is 5.